The normalized spacial score (nSPS) is 10.3. The molecule has 0 spiro atoms. The fraction of sp³-hybridized carbons (Fsp3) is 0.167. The zero-order chi connectivity index (χ0) is 13.3. The number of fused-ring (bicyclic) bond motifs is 1. The largest absolute Gasteiger partial charge is 0.493 e. The summed E-state index contributed by atoms with van der Waals surface area (Å²) >= 11 is 1.04. The number of ether oxygens (including phenoxy) is 2. The van der Waals surface area contributed by atoms with Gasteiger partial charge in [0.05, 0.1) is 14.2 Å². The van der Waals surface area contributed by atoms with Crippen LogP contribution in [0.25, 0.3) is 10.1 Å². The lowest BCUT2D eigenvalue weighted by Gasteiger charge is -2.07. The summed E-state index contributed by atoms with van der Waals surface area (Å²) in [5.41, 5.74) is 0.170. The first kappa shape index (κ1) is 12.4. The number of hydrogen-bond acceptors (Lipinski definition) is 5. The van der Waals surface area contributed by atoms with E-state index in [1.807, 2.05) is 0 Å². The topological polar surface area (TPSA) is 72.8 Å². The van der Waals surface area contributed by atoms with Crippen molar-refractivity contribution in [1.82, 2.24) is 0 Å². The Balaban J connectivity index is 2.81. The molecular weight excluding hydrogens is 256 g/mol. The van der Waals surface area contributed by atoms with Crippen LogP contribution in [0.5, 0.6) is 11.5 Å². The van der Waals surface area contributed by atoms with Gasteiger partial charge in [-0.1, -0.05) is 0 Å². The highest BCUT2D eigenvalue weighted by molar-refractivity contribution is 7.21. The molecule has 5 nitrogen and oxygen atoms in total. The van der Waals surface area contributed by atoms with E-state index < -0.39 is 5.97 Å². The first-order valence-corrected chi connectivity index (χ1v) is 5.81. The highest BCUT2D eigenvalue weighted by Crippen LogP contribution is 2.38. The van der Waals surface area contributed by atoms with Gasteiger partial charge in [0, 0.05) is 21.7 Å². The standard InChI is InChI=1S/C12H10O5S/c1-16-8-3-6-7(5-13)11(12(14)15)18-10(6)4-9(8)17-2/h3-5H,1-2H3,(H,14,15). The van der Waals surface area contributed by atoms with E-state index in [0.29, 0.717) is 27.9 Å². The molecule has 0 bridgehead atoms. The van der Waals surface area contributed by atoms with Crippen molar-refractivity contribution in [2.45, 2.75) is 0 Å². The van der Waals surface area contributed by atoms with Gasteiger partial charge in [0.15, 0.2) is 17.8 Å². The van der Waals surface area contributed by atoms with Crippen molar-refractivity contribution in [2.75, 3.05) is 14.2 Å². The Morgan fingerprint density at radius 1 is 1.28 bits per heavy atom. The molecule has 1 N–H and O–H groups in total. The van der Waals surface area contributed by atoms with Crippen LogP contribution < -0.4 is 9.47 Å². The maximum atomic E-state index is 11.0. The van der Waals surface area contributed by atoms with Crippen LogP contribution in [0.3, 0.4) is 0 Å². The lowest BCUT2D eigenvalue weighted by molar-refractivity contribution is 0.0699. The van der Waals surface area contributed by atoms with Gasteiger partial charge in [-0.2, -0.15) is 0 Å². The van der Waals surface area contributed by atoms with E-state index in [1.165, 1.54) is 14.2 Å². The Kier molecular flexibility index (Phi) is 3.20. The Labute approximate surface area is 107 Å². The molecule has 2 rings (SSSR count). The molecule has 0 aliphatic carbocycles. The Bertz CT molecular complexity index is 629. The monoisotopic (exact) mass is 266 g/mol. The second kappa shape index (κ2) is 4.66. The minimum absolute atomic E-state index is 0.0234. The average Bonchev–Trinajstić information content (AvgIpc) is 2.74. The number of rotatable bonds is 4. The fourth-order valence-corrected chi connectivity index (χ4v) is 2.74. The zero-order valence-corrected chi connectivity index (χ0v) is 10.5. The summed E-state index contributed by atoms with van der Waals surface area (Å²) in [5, 5.41) is 9.60. The highest BCUT2D eigenvalue weighted by atomic mass is 32.1. The number of hydrogen-bond donors (Lipinski definition) is 1. The van der Waals surface area contributed by atoms with E-state index >= 15 is 0 Å². The molecule has 0 saturated heterocycles. The highest BCUT2D eigenvalue weighted by Gasteiger charge is 2.19. The molecule has 1 heterocycles. The molecule has 18 heavy (non-hydrogen) atoms. The molecule has 0 amide bonds. The molecule has 0 saturated carbocycles. The number of carboxylic acid groups (broad SMARTS) is 1. The van der Waals surface area contributed by atoms with Crippen LogP contribution >= 0.6 is 11.3 Å². The molecule has 0 aliphatic rings. The van der Waals surface area contributed by atoms with E-state index in [9.17, 15) is 9.59 Å². The van der Waals surface area contributed by atoms with Gasteiger partial charge >= 0.3 is 5.97 Å². The summed E-state index contributed by atoms with van der Waals surface area (Å²) in [5.74, 6) is -0.153. The number of benzene rings is 1. The average molecular weight is 266 g/mol. The maximum absolute atomic E-state index is 11.0. The summed E-state index contributed by atoms with van der Waals surface area (Å²) in [4.78, 5) is 22.1. The second-order valence-corrected chi connectivity index (χ2v) is 4.52. The van der Waals surface area contributed by atoms with Crippen molar-refractivity contribution in [1.29, 1.82) is 0 Å². The molecule has 0 unspecified atom stereocenters. The zero-order valence-electron chi connectivity index (χ0n) is 9.72. The molecule has 6 heteroatoms. The lowest BCUT2D eigenvalue weighted by Crippen LogP contribution is -1.96. The smallest absolute Gasteiger partial charge is 0.346 e. The van der Waals surface area contributed by atoms with Gasteiger partial charge in [0.25, 0.3) is 0 Å². The number of carbonyl (C=O) groups is 2. The van der Waals surface area contributed by atoms with Gasteiger partial charge in [-0.25, -0.2) is 4.79 Å². The van der Waals surface area contributed by atoms with Crippen molar-refractivity contribution in [3.63, 3.8) is 0 Å². The molecule has 0 radical (unpaired) electrons. The summed E-state index contributed by atoms with van der Waals surface area (Å²) in [7, 11) is 2.98. The van der Waals surface area contributed by atoms with Gasteiger partial charge < -0.3 is 14.6 Å². The Morgan fingerprint density at radius 3 is 2.39 bits per heavy atom. The third-order valence-corrected chi connectivity index (χ3v) is 3.70. The van der Waals surface area contributed by atoms with Crippen molar-refractivity contribution < 1.29 is 24.2 Å². The molecule has 0 atom stereocenters. The first-order valence-electron chi connectivity index (χ1n) is 4.99. The van der Waals surface area contributed by atoms with Crippen LogP contribution in [0, 0.1) is 0 Å². The maximum Gasteiger partial charge on any atom is 0.346 e. The van der Waals surface area contributed by atoms with Gasteiger partial charge in [-0.05, 0) is 6.07 Å². The SMILES string of the molecule is COc1cc2sc(C(=O)O)c(C=O)c2cc1OC. The number of thiophene rings is 1. The van der Waals surface area contributed by atoms with Crippen molar-refractivity contribution in [3.05, 3.63) is 22.6 Å². The van der Waals surface area contributed by atoms with Crippen molar-refractivity contribution in [3.8, 4) is 11.5 Å². The first-order chi connectivity index (χ1) is 8.62. The third-order valence-electron chi connectivity index (χ3n) is 2.54. The van der Waals surface area contributed by atoms with Crippen LogP contribution in [0.4, 0.5) is 0 Å². The molecular formula is C12H10O5S. The predicted molar refractivity (Wildman–Crippen MR) is 67.3 cm³/mol. The van der Waals surface area contributed by atoms with E-state index in [2.05, 4.69) is 0 Å². The fourth-order valence-electron chi connectivity index (χ4n) is 1.72. The van der Waals surface area contributed by atoms with Crippen LogP contribution in [-0.4, -0.2) is 31.6 Å². The van der Waals surface area contributed by atoms with Crippen molar-refractivity contribution >= 4 is 33.7 Å². The van der Waals surface area contributed by atoms with Crippen molar-refractivity contribution in [2.24, 2.45) is 0 Å². The molecule has 1 aromatic carbocycles. The summed E-state index contributed by atoms with van der Waals surface area (Å²) < 4.78 is 10.9. The van der Waals surface area contributed by atoms with Gasteiger partial charge in [-0.3, -0.25) is 4.79 Å². The quantitative estimate of drug-likeness (QED) is 0.860. The van der Waals surface area contributed by atoms with Gasteiger partial charge in [0.2, 0.25) is 0 Å². The minimum Gasteiger partial charge on any atom is -0.493 e. The number of carbonyl (C=O) groups excluding carboxylic acids is 1. The summed E-state index contributed by atoms with van der Waals surface area (Å²) in [6, 6.07) is 3.28. The number of aromatic carboxylic acids is 1. The van der Waals surface area contributed by atoms with Gasteiger partial charge in [-0.15, -0.1) is 11.3 Å². The molecule has 1 aromatic heterocycles. The number of aldehydes is 1. The summed E-state index contributed by atoms with van der Waals surface area (Å²) in [6.45, 7) is 0. The van der Waals surface area contributed by atoms with Crippen LogP contribution in [0.15, 0.2) is 12.1 Å². The Morgan fingerprint density at radius 2 is 1.89 bits per heavy atom. The van der Waals surface area contributed by atoms with Crippen LogP contribution in [0.1, 0.15) is 20.0 Å². The third kappa shape index (κ3) is 1.80. The van der Waals surface area contributed by atoms with E-state index in [4.69, 9.17) is 14.6 Å². The van der Waals surface area contributed by atoms with Crippen LogP contribution in [0.2, 0.25) is 0 Å². The number of carboxylic acids is 1. The molecule has 94 valence electrons. The summed E-state index contributed by atoms with van der Waals surface area (Å²) in [6.07, 6.45) is 0.550. The van der Waals surface area contributed by atoms with E-state index in [1.54, 1.807) is 12.1 Å². The minimum atomic E-state index is -1.11. The predicted octanol–water partition coefficient (Wildman–Crippen LogP) is 2.43. The molecule has 0 aliphatic heterocycles. The van der Waals surface area contributed by atoms with Crippen LogP contribution in [-0.2, 0) is 0 Å². The lowest BCUT2D eigenvalue weighted by atomic mass is 10.1. The van der Waals surface area contributed by atoms with E-state index in [0.717, 1.165) is 11.3 Å². The van der Waals surface area contributed by atoms with Gasteiger partial charge in [0.1, 0.15) is 4.88 Å². The molecule has 0 fully saturated rings. The Hall–Kier alpha value is -2.08. The van der Waals surface area contributed by atoms with E-state index in [-0.39, 0.29) is 10.4 Å². The molecule has 2 aromatic rings. The number of methoxy groups -OCH3 is 2. The second-order valence-electron chi connectivity index (χ2n) is 3.47.